The van der Waals surface area contributed by atoms with Crippen molar-refractivity contribution in [3.63, 3.8) is 0 Å². The molecule has 3 heterocycles. The number of carbonyl (C=O) groups excluding carboxylic acids is 2. The van der Waals surface area contributed by atoms with E-state index in [-0.39, 0.29) is 17.5 Å². The summed E-state index contributed by atoms with van der Waals surface area (Å²) in [6, 6.07) is 18.9. The Bertz CT molecular complexity index is 1390. The molecule has 1 saturated heterocycles. The van der Waals surface area contributed by atoms with E-state index in [0.717, 1.165) is 27.1 Å². The number of morpholine rings is 1. The molecule has 1 aliphatic heterocycles. The van der Waals surface area contributed by atoms with Crippen LogP contribution in [0.4, 0.5) is 5.00 Å². The number of ether oxygens (including phenoxy) is 2. The summed E-state index contributed by atoms with van der Waals surface area (Å²) in [6.45, 7) is 4.00. The zero-order chi connectivity index (χ0) is 24.4. The molecule has 7 nitrogen and oxygen atoms in total. The molecule has 0 bridgehead atoms. The monoisotopic (exact) mass is 487 g/mol. The van der Waals surface area contributed by atoms with Crippen molar-refractivity contribution in [1.82, 2.24) is 9.88 Å². The third kappa shape index (κ3) is 4.62. The van der Waals surface area contributed by atoms with Crippen molar-refractivity contribution in [1.29, 1.82) is 0 Å². The van der Waals surface area contributed by atoms with Crippen molar-refractivity contribution in [2.75, 3.05) is 38.7 Å². The first-order valence-electron chi connectivity index (χ1n) is 11.4. The maximum atomic E-state index is 13.5. The number of nitrogens with zero attached hydrogens (tertiary/aromatic N) is 2. The van der Waals surface area contributed by atoms with Gasteiger partial charge in [-0.05, 0) is 42.3 Å². The van der Waals surface area contributed by atoms with Gasteiger partial charge in [0.1, 0.15) is 16.4 Å². The lowest BCUT2D eigenvalue weighted by atomic mass is 10.1. The molecule has 0 atom stereocenters. The molecule has 0 saturated carbocycles. The van der Waals surface area contributed by atoms with E-state index in [0.29, 0.717) is 42.4 Å². The van der Waals surface area contributed by atoms with E-state index < -0.39 is 0 Å². The minimum atomic E-state index is -0.361. The van der Waals surface area contributed by atoms with Gasteiger partial charge in [0.2, 0.25) is 0 Å². The summed E-state index contributed by atoms with van der Waals surface area (Å²) in [7, 11) is 1.61. The average molecular weight is 488 g/mol. The van der Waals surface area contributed by atoms with E-state index in [1.165, 1.54) is 11.3 Å². The predicted octanol–water partition coefficient (Wildman–Crippen LogP) is 5.01. The average Bonchev–Trinajstić information content (AvgIpc) is 3.23. The lowest BCUT2D eigenvalue weighted by molar-refractivity contribution is 0.0303. The Hall–Kier alpha value is -3.75. The van der Waals surface area contributed by atoms with Crippen LogP contribution < -0.4 is 10.1 Å². The first-order chi connectivity index (χ1) is 17.0. The van der Waals surface area contributed by atoms with E-state index in [1.54, 1.807) is 18.1 Å². The Labute approximate surface area is 207 Å². The van der Waals surface area contributed by atoms with Crippen molar-refractivity contribution >= 4 is 39.1 Å². The van der Waals surface area contributed by atoms with Gasteiger partial charge in [0, 0.05) is 23.4 Å². The number of anilines is 1. The fourth-order valence-corrected chi connectivity index (χ4v) is 5.37. The Morgan fingerprint density at radius 3 is 2.57 bits per heavy atom. The Morgan fingerprint density at radius 2 is 1.83 bits per heavy atom. The molecule has 0 unspecified atom stereocenters. The van der Waals surface area contributed by atoms with Crippen molar-refractivity contribution < 1.29 is 19.1 Å². The van der Waals surface area contributed by atoms with Gasteiger partial charge in [-0.2, -0.15) is 0 Å². The number of benzene rings is 2. The summed E-state index contributed by atoms with van der Waals surface area (Å²) in [5.41, 5.74) is 3.35. The molecule has 5 rings (SSSR count). The molecule has 4 aromatic rings. The van der Waals surface area contributed by atoms with Crippen LogP contribution in [-0.2, 0) is 4.74 Å². The van der Waals surface area contributed by atoms with Crippen LogP contribution in [0.2, 0.25) is 0 Å². The number of pyridine rings is 1. The van der Waals surface area contributed by atoms with Gasteiger partial charge in [0.15, 0.2) is 0 Å². The third-order valence-corrected chi connectivity index (χ3v) is 7.31. The second kappa shape index (κ2) is 9.85. The number of aromatic nitrogens is 1. The molecule has 2 aromatic heterocycles. The highest BCUT2D eigenvalue weighted by Gasteiger charge is 2.28. The quantitative estimate of drug-likeness (QED) is 0.428. The van der Waals surface area contributed by atoms with Crippen LogP contribution in [0.25, 0.3) is 21.3 Å². The molecule has 8 heteroatoms. The van der Waals surface area contributed by atoms with Gasteiger partial charge >= 0.3 is 0 Å². The molecular formula is C27H25N3O4S. The highest BCUT2D eigenvalue weighted by molar-refractivity contribution is 7.20. The lowest BCUT2D eigenvalue weighted by Crippen LogP contribution is -2.41. The highest BCUT2D eigenvalue weighted by atomic mass is 32.1. The standard InChI is InChI=1S/C27H25N3O4S/c1-17-23(27(32)30-12-14-34-15-13-30)26(35-24(17)18-6-4-3-5-7-18)29-25(31)22-10-8-19-16-20(33-2)9-11-21(19)28-22/h3-11,16H,12-15H2,1-2H3,(H,29,31). The topological polar surface area (TPSA) is 80.8 Å². The summed E-state index contributed by atoms with van der Waals surface area (Å²) >= 11 is 1.41. The summed E-state index contributed by atoms with van der Waals surface area (Å²) in [6.07, 6.45) is 0. The highest BCUT2D eigenvalue weighted by Crippen LogP contribution is 2.40. The summed E-state index contributed by atoms with van der Waals surface area (Å²) in [5.74, 6) is 0.267. The number of hydrogen-bond donors (Lipinski definition) is 1. The third-order valence-electron chi connectivity index (χ3n) is 6.05. The maximum Gasteiger partial charge on any atom is 0.274 e. The fraction of sp³-hybridized carbons (Fsp3) is 0.222. The number of amides is 2. The Balaban J connectivity index is 1.51. The first kappa shape index (κ1) is 23.0. The summed E-state index contributed by atoms with van der Waals surface area (Å²) in [5, 5.41) is 4.38. The van der Waals surface area contributed by atoms with E-state index in [9.17, 15) is 9.59 Å². The molecule has 1 N–H and O–H groups in total. The predicted molar refractivity (Wildman–Crippen MR) is 137 cm³/mol. The van der Waals surface area contributed by atoms with Crippen LogP contribution in [0.15, 0.2) is 60.7 Å². The Morgan fingerprint density at radius 1 is 1.06 bits per heavy atom. The number of nitrogens with one attached hydrogen (secondary N) is 1. The molecule has 0 spiro atoms. The molecular weight excluding hydrogens is 462 g/mol. The van der Waals surface area contributed by atoms with Crippen LogP contribution in [0.3, 0.4) is 0 Å². The van der Waals surface area contributed by atoms with Crippen molar-refractivity contribution in [2.45, 2.75) is 6.92 Å². The summed E-state index contributed by atoms with van der Waals surface area (Å²) < 4.78 is 10.7. The zero-order valence-electron chi connectivity index (χ0n) is 19.5. The van der Waals surface area contributed by atoms with E-state index in [1.807, 2.05) is 61.5 Å². The second-order valence-corrected chi connectivity index (χ2v) is 9.26. The molecule has 1 aliphatic rings. The van der Waals surface area contributed by atoms with E-state index >= 15 is 0 Å². The number of rotatable bonds is 5. The van der Waals surface area contributed by atoms with Crippen molar-refractivity contribution in [2.24, 2.45) is 0 Å². The normalized spacial score (nSPS) is 13.6. The number of carbonyl (C=O) groups is 2. The molecule has 2 amide bonds. The van der Waals surface area contributed by atoms with E-state index in [4.69, 9.17) is 9.47 Å². The minimum absolute atomic E-state index is 0.0990. The van der Waals surface area contributed by atoms with E-state index in [2.05, 4.69) is 10.3 Å². The van der Waals surface area contributed by atoms with Gasteiger partial charge in [-0.15, -0.1) is 11.3 Å². The minimum Gasteiger partial charge on any atom is -0.497 e. The van der Waals surface area contributed by atoms with Gasteiger partial charge in [0.25, 0.3) is 11.8 Å². The van der Waals surface area contributed by atoms with Crippen molar-refractivity contribution in [3.8, 4) is 16.2 Å². The van der Waals surface area contributed by atoms with Gasteiger partial charge < -0.3 is 19.7 Å². The Kier molecular flexibility index (Phi) is 6.48. The van der Waals surface area contributed by atoms with Crippen LogP contribution in [0, 0.1) is 6.92 Å². The smallest absolute Gasteiger partial charge is 0.274 e. The van der Waals surface area contributed by atoms with Crippen molar-refractivity contribution in [3.05, 3.63) is 77.5 Å². The molecule has 1 fully saturated rings. The van der Waals surface area contributed by atoms with Crippen LogP contribution >= 0.6 is 11.3 Å². The van der Waals surface area contributed by atoms with Gasteiger partial charge in [-0.1, -0.05) is 36.4 Å². The van der Waals surface area contributed by atoms with Crippen LogP contribution in [0.1, 0.15) is 26.4 Å². The maximum absolute atomic E-state index is 13.5. The molecule has 35 heavy (non-hydrogen) atoms. The van der Waals surface area contributed by atoms with Gasteiger partial charge in [0.05, 0.1) is 31.4 Å². The number of hydrogen-bond acceptors (Lipinski definition) is 6. The molecule has 178 valence electrons. The zero-order valence-corrected chi connectivity index (χ0v) is 20.4. The fourth-order valence-electron chi connectivity index (χ4n) is 4.17. The SMILES string of the molecule is COc1ccc2nc(C(=O)Nc3sc(-c4ccccc4)c(C)c3C(=O)N3CCOCC3)ccc2c1. The van der Waals surface area contributed by atoms with Crippen LogP contribution in [-0.4, -0.2) is 55.1 Å². The molecule has 2 aromatic carbocycles. The lowest BCUT2D eigenvalue weighted by Gasteiger charge is -2.27. The number of thiophene rings is 1. The van der Waals surface area contributed by atoms with Gasteiger partial charge in [-0.3, -0.25) is 9.59 Å². The molecule has 0 aliphatic carbocycles. The van der Waals surface area contributed by atoms with Gasteiger partial charge in [-0.25, -0.2) is 4.98 Å². The number of fused-ring (bicyclic) bond motifs is 1. The largest absolute Gasteiger partial charge is 0.497 e. The summed E-state index contributed by atoms with van der Waals surface area (Å²) in [4.78, 5) is 34.1. The molecule has 0 radical (unpaired) electrons. The van der Waals surface area contributed by atoms with Crippen LogP contribution in [0.5, 0.6) is 5.75 Å². The number of methoxy groups -OCH3 is 1. The second-order valence-electron chi connectivity index (χ2n) is 8.24. The first-order valence-corrected chi connectivity index (χ1v) is 12.2.